The number of hydrogen-bond donors (Lipinski definition) is 2. The molecule has 1 heterocycles. The van der Waals surface area contributed by atoms with Gasteiger partial charge in [0.25, 0.3) is 0 Å². The van der Waals surface area contributed by atoms with Gasteiger partial charge in [-0.1, -0.05) is 30.3 Å². The highest BCUT2D eigenvalue weighted by molar-refractivity contribution is 5.89. The minimum absolute atomic E-state index is 0.101. The Kier molecular flexibility index (Phi) is 5.73. The molecule has 0 radical (unpaired) electrons. The molecular formula is C20H23N3O3. The second-order valence-electron chi connectivity index (χ2n) is 6.33. The molecule has 6 nitrogen and oxygen atoms in total. The molecule has 6 heteroatoms. The number of rotatable bonds is 5. The summed E-state index contributed by atoms with van der Waals surface area (Å²) in [4.78, 5) is 27.1. The summed E-state index contributed by atoms with van der Waals surface area (Å²) in [6.45, 7) is 2.98. The Labute approximate surface area is 153 Å². The van der Waals surface area contributed by atoms with E-state index in [0.717, 1.165) is 24.3 Å². The van der Waals surface area contributed by atoms with Gasteiger partial charge in [0.1, 0.15) is 0 Å². The summed E-state index contributed by atoms with van der Waals surface area (Å²) in [7, 11) is 0. The number of carboxylic acids is 1. The van der Waals surface area contributed by atoms with Gasteiger partial charge in [0, 0.05) is 44.0 Å². The zero-order valence-corrected chi connectivity index (χ0v) is 14.6. The van der Waals surface area contributed by atoms with Crippen LogP contribution in [0, 0.1) is 0 Å². The summed E-state index contributed by atoms with van der Waals surface area (Å²) in [5, 5.41) is 11.6. The first-order valence-electron chi connectivity index (χ1n) is 8.78. The summed E-state index contributed by atoms with van der Waals surface area (Å²) in [6, 6.07) is 17.4. The minimum atomic E-state index is -0.808. The van der Waals surface area contributed by atoms with Crippen molar-refractivity contribution >= 4 is 23.4 Å². The van der Waals surface area contributed by atoms with Gasteiger partial charge >= 0.3 is 12.0 Å². The number of para-hydroxylation sites is 1. The largest absolute Gasteiger partial charge is 0.481 e. The van der Waals surface area contributed by atoms with E-state index in [1.807, 2.05) is 47.4 Å². The maximum atomic E-state index is 12.4. The van der Waals surface area contributed by atoms with Crippen LogP contribution < -0.4 is 10.2 Å². The maximum absolute atomic E-state index is 12.4. The van der Waals surface area contributed by atoms with Crippen molar-refractivity contribution < 1.29 is 14.7 Å². The van der Waals surface area contributed by atoms with E-state index in [0.29, 0.717) is 19.5 Å². The van der Waals surface area contributed by atoms with Crippen LogP contribution in [0.3, 0.4) is 0 Å². The van der Waals surface area contributed by atoms with Gasteiger partial charge in [-0.3, -0.25) is 4.79 Å². The van der Waals surface area contributed by atoms with Gasteiger partial charge in [-0.2, -0.15) is 0 Å². The number of hydrogen-bond acceptors (Lipinski definition) is 3. The van der Waals surface area contributed by atoms with E-state index in [1.54, 1.807) is 0 Å². The van der Waals surface area contributed by atoms with Gasteiger partial charge in [-0.15, -0.1) is 0 Å². The Morgan fingerprint density at radius 2 is 1.58 bits per heavy atom. The average molecular weight is 353 g/mol. The van der Waals surface area contributed by atoms with Crippen LogP contribution in [0.5, 0.6) is 0 Å². The number of carbonyl (C=O) groups is 2. The van der Waals surface area contributed by atoms with Crippen LogP contribution >= 0.6 is 0 Å². The number of nitrogens with zero attached hydrogens (tertiary/aromatic N) is 2. The second kappa shape index (κ2) is 8.38. The number of anilines is 2. The van der Waals surface area contributed by atoms with E-state index in [-0.39, 0.29) is 12.5 Å². The molecule has 2 amide bonds. The lowest BCUT2D eigenvalue weighted by atomic mass is 10.1. The lowest BCUT2D eigenvalue weighted by molar-refractivity contribution is -0.136. The standard InChI is InChI=1S/C20H23N3O3/c24-19(25)11-8-16-6-9-17(10-7-16)21-20(26)23-14-12-22(13-15-23)18-4-2-1-3-5-18/h1-7,9-10H,8,11-15H2,(H,21,26)(H,24,25). The molecule has 0 unspecified atom stereocenters. The van der Waals surface area contributed by atoms with Crippen LogP contribution in [0.1, 0.15) is 12.0 Å². The van der Waals surface area contributed by atoms with Gasteiger partial charge in [0.05, 0.1) is 0 Å². The molecule has 0 saturated carbocycles. The van der Waals surface area contributed by atoms with Crippen molar-refractivity contribution in [3.05, 3.63) is 60.2 Å². The van der Waals surface area contributed by atoms with E-state index in [2.05, 4.69) is 22.3 Å². The summed E-state index contributed by atoms with van der Waals surface area (Å²) in [5.41, 5.74) is 2.85. The molecule has 0 bridgehead atoms. The Bertz CT molecular complexity index is 739. The molecule has 1 fully saturated rings. The Balaban J connectivity index is 1.49. The quantitative estimate of drug-likeness (QED) is 0.866. The molecule has 2 N–H and O–H groups in total. The molecule has 1 aliphatic rings. The molecule has 1 aliphatic heterocycles. The number of carbonyl (C=O) groups excluding carboxylic acids is 1. The number of urea groups is 1. The van der Waals surface area contributed by atoms with E-state index in [9.17, 15) is 9.59 Å². The molecule has 0 atom stereocenters. The van der Waals surface area contributed by atoms with Crippen LogP contribution in [0.15, 0.2) is 54.6 Å². The first-order chi connectivity index (χ1) is 12.6. The number of nitrogens with one attached hydrogen (secondary N) is 1. The topological polar surface area (TPSA) is 72.9 Å². The van der Waals surface area contributed by atoms with E-state index in [1.165, 1.54) is 5.69 Å². The number of aryl methyl sites for hydroxylation is 1. The molecule has 136 valence electrons. The van der Waals surface area contributed by atoms with Crippen LogP contribution in [0.25, 0.3) is 0 Å². The predicted octanol–water partition coefficient (Wildman–Crippen LogP) is 3.06. The molecule has 0 spiro atoms. The maximum Gasteiger partial charge on any atom is 0.321 e. The van der Waals surface area contributed by atoms with E-state index < -0.39 is 5.97 Å². The summed E-state index contributed by atoms with van der Waals surface area (Å²) in [5.74, 6) is -0.808. The molecular weight excluding hydrogens is 330 g/mol. The minimum Gasteiger partial charge on any atom is -0.481 e. The normalized spacial score (nSPS) is 14.2. The highest BCUT2D eigenvalue weighted by Crippen LogP contribution is 2.17. The van der Waals surface area contributed by atoms with Crippen molar-refractivity contribution in [3.63, 3.8) is 0 Å². The Hall–Kier alpha value is -3.02. The highest BCUT2D eigenvalue weighted by Gasteiger charge is 2.21. The fourth-order valence-electron chi connectivity index (χ4n) is 3.02. The van der Waals surface area contributed by atoms with Crippen LogP contribution in [-0.2, 0) is 11.2 Å². The first-order valence-corrected chi connectivity index (χ1v) is 8.78. The van der Waals surface area contributed by atoms with Gasteiger partial charge in [-0.05, 0) is 36.2 Å². The van der Waals surface area contributed by atoms with Crippen molar-refractivity contribution in [2.75, 3.05) is 36.4 Å². The number of carboxylic acid groups (broad SMARTS) is 1. The number of piperazine rings is 1. The average Bonchev–Trinajstić information content (AvgIpc) is 2.68. The van der Waals surface area contributed by atoms with Gasteiger partial charge in [0.15, 0.2) is 0 Å². The SMILES string of the molecule is O=C(O)CCc1ccc(NC(=O)N2CCN(c3ccccc3)CC2)cc1. The lowest BCUT2D eigenvalue weighted by Gasteiger charge is -2.36. The van der Waals surface area contributed by atoms with E-state index >= 15 is 0 Å². The van der Waals surface area contributed by atoms with E-state index in [4.69, 9.17) is 5.11 Å². The lowest BCUT2D eigenvalue weighted by Crippen LogP contribution is -2.50. The van der Waals surface area contributed by atoms with Crippen LogP contribution in [-0.4, -0.2) is 48.2 Å². The van der Waals surface area contributed by atoms with Gasteiger partial charge in [0.2, 0.25) is 0 Å². The molecule has 0 aromatic heterocycles. The van der Waals surface area contributed by atoms with Crippen molar-refractivity contribution in [1.82, 2.24) is 4.90 Å². The van der Waals surface area contributed by atoms with Crippen molar-refractivity contribution in [3.8, 4) is 0 Å². The summed E-state index contributed by atoms with van der Waals surface area (Å²) < 4.78 is 0. The molecule has 0 aliphatic carbocycles. The highest BCUT2D eigenvalue weighted by atomic mass is 16.4. The fraction of sp³-hybridized carbons (Fsp3) is 0.300. The molecule has 26 heavy (non-hydrogen) atoms. The third-order valence-corrected chi connectivity index (χ3v) is 4.52. The van der Waals surface area contributed by atoms with Gasteiger partial charge in [-0.25, -0.2) is 4.79 Å². The molecule has 2 aromatic carbocycles. The number of aliphatic carboxylic acids is 1. The van der Waals surface area contributed by atoms with Crippen molar-refractivity contribution in [2.24, 2.45) is 0 Å². The van der Waals surface area contributed by atoms with Crippen LogP contribution in [0.4, 0.5) is 16.2 Å². The monoisotopic (exact) mass is 353 g/mol. The zero-order chi connectivity index (χ0) is 18.4. The third kappa shape index (κ3) is 4.75. The van der Waals surface area contributed by atoms with Crippen molar-refractivity contribution in [1.29, 1.82) is 0 Å². The number of amides is 2. The smallest absolute Gasteiger partial charge is 0.321 e. The Morgan fingerprint density at radius 1 is 0.923 bits per heavy atom. The Morgan fingerprint density at radius 3 is 2.19 bits per heavy atom. The van der Waals surface area contributed by atoms with Crippen LogP contribution in [0.2, 0.25) is 0 Å². The number of benzene rings is 2. The molecule has 1 saturated heterocycles. The van der Waals surface area contributed by atoms with Gasteiger partial charge < -0.3 is 20.2 Å². The zero-order valence-electron chi connectivity index (χ0n) is 14.6. The summed E-state index contributed by atoms with van der Waals surface area (Å²) in [6.07, 6.45) is 0.600. The van der Waals surface area contributed by atoms with Crippen molar-refractivity contribution in [2.45, 2.75) is 12.8 Å². The third-order valence-electron chi connectivity index (χ3n) is 4.52. The fourth-order valence-corrected chi connectivity index (χ4v) is 3.02. The second-order valence-corrected chi connectivity index (χ2v) is 6.33. The molecule has 3 rings (SSSR count). The summed E-state index contributed by atoms with van der Waals surface area (Å²) >= 11 is 0. The predicted molar refractivity (Wildman–Crippen MR) is 102 cm³/mol. The first kappa shape index (κ1) is 17.8. The molecule has 2 aromatic rings.